The van der Waals surface area contributed by atoms with Gasteiger partial charge in [0.1, 0.15) is 5.60 Å². The number of sulfonamides is 1. The number of amides is 3. The molecule has 0 atom stereocenters. The molecule has 0 aromatic heterocycles. The van der Waals surface area contributed by atoms with Crippen LogP contribution in [0.4, 0.5) is 15.3 Å². The number of rotatable bonds is 10. The Hall–Kier alpha value is -3.28. The van der Waals surface area contributed by atoms with Crippen molar-refractivity contribution in [1.82, 2.24) is 15.4 Å². The zero-order valence-electron chi connectivity index (χ0n) is 26.6. The van der Waals surface area contributed by atoms with E-state index in [1.54, 1.807) is 32.9 Å². The molecule has 3 rings (SSSR count). The van der Waals surface area contributed by atoms with Crippen LogP contribution in [0.15, 0.2) is 71.5 Å². The highest BCUT2D eigenvalue weighted by Crippen LogP contribution is 2.42. The van der Waals surface area contributed by atoms with Crippen LogP contribution >= 0.6 is 11.8 Å². The summed E-state index contributed by atoms with van der Waals surface area (Å²) in [4.78, 5) is 26.2. The van der Waals surface area contributed by atoms with E-state index < -0.39 is 33.3 Å². The van der Waals surface area contributed by atoms with Gasteiger partial charge in [0.25, 0.3) is 0 Å². The summed E-state index contributed by atoms with van der Waals surface area (Å²) < 4.78 is 35.2. The summed E-state index contributed by atoms with van der Waals surface area (Å²) >= 11 is 1.36. The monoisotopic (exact) mass is 642 g/mol. The number of urea groups is 1. The molecule has 0 heterocycles. The van der Waals surface area contributed by atoms with Crippen LogP contribution in [-0.2, 0) is 21.3 Å². The normalized spacial score (nSPS) is 17.3. The largest absolute Gasteiger partial charge is 0.444 e. The molecule has 0 saturated heterocycles. The van der Waals surface area contributed by atoms with Crippen LogP contribution in [0.5, 0.6) is 0 Å². The quantitative estimate of drug-likeness (QED) is 0.214. The highest BCUT2D eigenvalue weighted by Gasteiger charge is 2.29. The molecule has 1 saturated carbocycles. The van der Waals surface area contributed by atoms with Crippen LogP contribution in [0.1, 0.15) is 78.4 Å². The van der Waals surface area contributed by atoms with Gasteiger partial charge in [-0.1, -0.05) is 61.3 Å². The zero-order valence-corrected chi connectivity index (χ0v) is 28.2. The van der Waals surface area contributed by atoms with Crippen LogP contribution in [0.25, 0.3) is 4.91 Å². The summed E-state index contributed by atoms with van der Waals surface area (Å²) in [6.07, 6.45) is 2.83. The molecular formula is C33H46N4O5S2. The number of hydrogen-bond acceptors (Lipinski definition) is 6. The number of allylic oxidation sites excluding steroid dienone is 1. The second-order valence-corrected chi connectivity index (χ2v) is 15.9. The number of carbonyl (C=O) groups is 2. The van der Waals surface area contributed by atoms with Gasteiger partial charge in [0, 0.05) is 34.3 Å². The predicted molar refractivity (Wildman–Crippen MR) is 180 cm³/mol. The average molecular weight is 643 g/mol. The van der Waals surface area contributed by atoms with E-state index in [1.807, 2.05) is 51.1 Å². The van der Waals surface area contributed by atoms with Crippen LogP contribution in [0.2, 0.25) is 0 Å². The van der Waals surface area contributed by atoms with E-state index >= 15 is 0 Å². The van der Waals surface area contributed by atoms with E-state index in [-0.39, 0.29) is 16.9 Å². The third kappa shape index (κ3) is 11.3. The molecule has 0 spiro atoms. The van der Waals surface area contributed by atoms with E-state index in [0.29, 0.717) is 22.7 Å². The van der Waals surface area contributed by atoms with Gasteiger partial charge in [0.15, 0.2) is 0 Å². The molecule has 2 aromatic carbocycles. The lowest BCUT2D eigenvalue weighted by molar-refractivity contribution is 0.0489. The minimum Gasteiger partial charge on any atom is -0.444 e. The van der Waals surface area contributed by atoms with Crippen LogP contribution in [-0.4, -0.2) is 37.7 Å². The van der Waals surface area contributed by atoms with E-state index in [0.717, 1.165) is 36.2 Å². The van der Waals surface area contributed by atoms with E-state index in [9.17, 15) is 18.0 Å². The number of nitrogens with one attached hydrogen (secondary N) is 4. The van der Waals surface area contributed by atoms with Gasteiger partial charge in [0.05, 0.1) is 4.90 Å². The first-order valence-electron chi connectivity index (χ1n) is 14.7. The van der Waals surface area contributed by atoms with Crippen molar-refractivity contribution in [2.75, 3.05) is 5.32 Å². The summed E-state index contributed by atoms with van der Waals surface area (Å²) in [5.41, 5.74) is 0.433. The van der Waals surface area contributed by atoms with Gasteiger partial charge in [-0.05, 0) is 95.7 Å². The number of thioether (sulfide) groups is 1. The molecule has 0 unspecified atom stereocenters. The Morgan fingerprint density at radius 3 is 2.18 bits per heavy atom. The van der Waals surface area contributed by atoms with Gasteiger partial charge in [-0.25, -0.2) is 22.7 Å². The van der Waals surface area contributed by atoms with Gasteiger partial charge in [-0.15, -0.1) is 0 Å². The SMILES string of the molecule is C=C(SC(=C)C1CCC(NC(=O)OC(C)(C)C)CC1)c1ccc(NC(=O)NCc2ccccc2)cc1S(=O)(=O)NC(C)(C)C. The second kappa shape index (κ2) is 14.7. The fourth-order valence-corrected chi connectivity index (χ4v) is 7.55. The maximum Gasteiger partial charge on any atom is 0.407 e. The fraction of sp³-hybridized carbons (Fsp3) is 0.455. The molecule has 11 heteroatoms. The van der Waals surface area contributed by atoms with Crippen molar-refractivity contribution < 1.29 is 22.7 Å². The summed E-state index contributed by atoms with van der Waals surface area (Å²) in [5, 5.41) is 8.49. The molecule has 44 heavy (non-hydrogen) atoms. The van der Waals surface area contributed by atoms with Crippen LogP contribution < -0.4 is 20.7 Å². The Balaban J connectivity index is 1.70. The summed E-state index contributed by atoms with van der Waals surface area (Å²) in [5.74, 6) is 0.190. The maximum absolute atomic E-state index is 13.6. The first kappa shape index (κ1) is 35.2. The molecule has 9 nitrogen and oxygen atoms in total. The lowest BCUT2D eigenvalue weighted by atomic mass is 9.86. The second-order valence-electron chi connectivity index (χ2n) is 13.0. The van der Waals surface area contributed by atoms with E-state index in [4.69, 9.17) is 4.74 Å². The van der Waals surface area contributed by atoms with Gasteiger partial charge >= 0.3 is 12.1 Å². The molecule has 0 aliphatic heterocycles. The number of anilines is 1. The smallest absolute Gasteiger partial charge is 0.407 e. The van der Waals surface area contributed by atoms with Crippen molar-refractivity contribution in [3.63, 3.8) is 0 Å². The van der Waals surface area contributed by atoms with Gasteiger partial charge in [0.2, 0.25) is 10.0 Å². The molecule has 4 N–H and O–H groups in total. The van der Waals surface area contributed by atoms with E-state index in [2.05, 4.69) is 33.8 Å². The molecule has 240 valence electrons. The number of benzene rings is 2. The molecule has 3 amide bonds. The molecule has 1 aliphatic carbocycles. The standard InChI is InChI=1S/C33H46N4O5S2/c1-22(25-14-16-26(17-15-25)36-31(39)42-33(6,7)8)43-23(2)28-19-18-27(20-29(28)44(40,41)37-32(3,4)5)35-30(38)34-21-24-12-10-9-11-13-24/h9-13,18-20,25-26,37H,1-2,14-17,21H2,3-8H3,(H,36,39)(H2,34,35,38). The Morgan fingerprint density at radius 2 is 1.59 bits per heavy atom. The summed E-state index contributed by atoms with van der Waals surface area (Å²) in [6.45, 7) is 19.6. The van der Waals surface area contributed by atoms with Gasteiger partial charge in [-0.2, -0.15) is 0 Å². The topological polar surface area (TPSA) is 126 Å². The minimum absolute atomic E-state index is 0.0175. The lowest BCUT2D eigenvalue weighted by Gasteiger charge is -2.31. The molecule has 2 aromatic rings. The molecule has 1 aliphatic rings. The van der Waals surface area contributed by atoms with Gasteiger partial charge < -0.3 is 20.7 Å². The van der Waals surface area contributed by atoms with Crippen LogP contribution in [0.3, 0.4) is 0 Å². The Bertz CT molecular complexity index is 1450. The van der Waals surface area contributed by atoms with Crippen molar-refractivity contribution in [2.24, 2.45) is 5.92 Å². The van der Waals surface area contributed by atoms with Gasteiger partial charge in [-0.3, -0.25) is 0 Å². The fourth-order valence-electron chi connectivity index (χ4n) is 4.79. The highest BCUT2D eigenvalue weighted by molar-refractivity contribution is 8.11. The van der Waals surface area contributed by atoms with Crippen molar-refractivity contribution in [3.05, 3.63) is 77.7 Å². The Morgan fingerprint density at radius 1 is 0.955 bits per heavy atom. The first-order valence-corrected chi connectivity index (χ1v) is 17.0. The van der Waals surface area contributed by atoms with Crippen LogP contribution in [0, 0.1) is 5.92 Å². The van der Waals surface area contributed by atoms with Crippen molar-refractivity contribution in [1.29, 1.82) is 0 Å². The third-order valence-corrected chi connectivity index (χ3v) is 9.58. The lowest BCUT2D eigenvalue weighted by Crippen LogP contribution is -2.41. The molecule has 1 fully saturated rings. The minimum atomic E-state index is -3.98. The van der Waals surface area contributed by atoms with Crippen molar-refractivity contribution >= 4 is 44.5 Å². The molecule has 0 bridgehead atoms. The number of hydrogen-bond donors (Lipinski definition) is 4. The summed E-state index contributed by atoms with van der Waals surface area (Å²) in [7, 11) is -3.98. The Labute approximate surface area is 266 Å². The van der Waals surface area contributed by atoms with E-state index in [1.165, 1.54) is 17.8 Å². The van der Waals surface area contributed by atoms with Crippen molar-refractivity contribution in [2.45, 2.75) is 95.8 Å². The molecular weight excluding hydrogens is 597 g/mol. The summed E-state index contributed by atoms with van der Waals surface area (Å²) in [6, 6.07) is 13.8. The third-order valence-electron chi connectivity index (χ3n) is 6.72. The zero-order chi connectivity index (χ0) is 32.7. The highest BCUT2D eigenvalue weighted by atomic mass is 32.2. The first-order chi connectivity index (χ1) is 20.4. The molecule has 0 radical (unpaired) electrons. The van der Waals surface area contributed by atoms with Crippen molar-refractivity contribution in [3.8, 4) is 0 Å². The Kier molecular flexibility index (Phi) is 11.7. The average Bonchev–Trinajstić information content (AvgIpc) is 2.90. The number of carbonyl (C=O) groups excluding carboxylic acids is 2. The number of ether oxygens (including phenoxy) is 1. The maximum atomic E-state index is 13.6. The predicted octanol–water partition coefficient (Wildman–Crippen LogP) is 7.39. The number of alkyl carbamates (subject to hydrolysis) is 1.